The van der Waals surface area contributed by atoms with Gasteiger partial charge in [0, 0.05) is 6.54 Å². The Morgan fingerprint density at radius 2 is 2.05 bits per heavy atom. The van der Waals surface area contributed by atoms with E-state index < -0.39 is 11.4 Å². The number of para-hydroxylation sites is 1. The van der Waals surface area contributed by atoms with Crippen LogP contribution in [-0.4, -0.2) is 20.6 Å². The predicted molar refractivity (Wildman–Crippen MR) is 72.0 cm³/mol. The number of benzene rings is 1. The van der Waals surface area contributed by atoms with Gasteiger partial charge in [-0.2, -0.15) is 0 Å². The van der Waals surface area contributed by atoms with E-state index in [1.54, 1.807) is 32.0 Å². The number of aromatic nitrogens is 2. The van der Waals surface area contributed by atoms with E-state index in [9.17, 15) is 9.59 Å². The van der Waals surface area contributed by atoms with Crippen LogP contribution in [0.5, 0.6) is 0 Å². The third kappa shape index (κ3) is 2.65. The van der Waals surface area contributed by atoms with E-state index in [-0.39, 0.29) is 5.56 Å². The van der Waals surface area contributed by atoms with Crippen LogP contribution in [0.25, 0.3) is 10.9 Å². The fraction of sp³-hybridized carbons (Fsp3) is 0.357. The van der Waals surface area contributed by atoms with Crippen molar-refractivity contribution in [2.75, 3.05) is 0 Å². The summed E-state index contributed by atoms with van der Waals surface area (Å²) in [6.45, 7) is 3.64. The van der Waals surface area contributed by atoms with Crippen molar-refractivity contribution in [1.29, 1.82) is 0 Å². The fourth-order valence-electron chi connectivity index (χ4n) is 1.77. The van der Waals surface area contributed by atoms with E-state index in [0.717, 1.165) is 0 Å². The van der Waals surface area contributed by atoms with Crippen LogP contribution >= 0.6 is 0 Å². The van der Waals surface area contributed by atoms with Crippen LogP contribution in [0.15, 0.2) is 35.4 Å². The van der Waals surface area contributed by atoms with Gasteiger partial charge in [0.2, 0.25) is 0 Å². The minimum Gasteiger partial charge on any atom is -0.481 e. The standard InChI is InChI=1S/C14H16N2O3/c1-14(2,13(18)19)7-8-16-9-15-11-6-4-3-5-10(11)12(16)17/h3-6,9H,7-8H2,1-2H3,(H,18,19). The molecule has 5 nitrogen and oxygen atoms in total. The summed E-state index contributed by atoms with van der Waals surface area (Å²) in [5.74, 6) is -0.866. The first-order chi connectivity index (χ1) is 8.92. The van der Waals surface area contributed by atoms with Gasteiger partial charge in [0.15, 0.2) is 0 Å². The second-order valence-electron chi connectivity index (χ2n) is 5.20. The maximum Gasteiger partial charge on any atom is 0.309 e. The van der Waals surface area contributed by atoms with Gasteiger partial charge in [-0.05, 0) is 32.4 Å². The summed E-state index contributed by atoms with van der Waals surface area (Å²) in [5, 5.41) is 9.61. The Morgan fingerprint density at radius 1 is 1.37 bits per heavy atom. The number of fused-ring (bicyclic) bond motifs is 1. The molecule has 19 heavy (non-hydrogen) atoms. The normalized spacial score (nSPS) is 11.7. The summed E-state index contributed by atoms with van der Waals surface area (Å²) in [7, 11) is 0. The molecule has 0 saturated heterocycles. The highest BCUT2D eigenvalue weighted by Crippen LogP contribution is 2.20. The van der Waals surface area contributed by atoms with Crippen LogP contribution in [0, 0.1) is 5.41 Å². The number of hydrogen-bond donors (Lipinski definition) is 1. The molecule has 1 heterocycles. The lowest BCUT2D eigenvalue weighted by atomic mass is 9.89. The minimum atomic E-state index is -0.866. The molecule has 0 bridgehead atoms. The molecular formula is C14H16N2O3. The number of carbonyl (C=O) groups is 1. The molecule has 100 valence electrons. The Hall–Kier alpha value is -2.17. The molecule has 0 atom stereocenters. The zero-order valence-electron chi connectivity index (χ0n) is 11.0. The van der Waals surface area contributed by atoms with Crippen LogP contribution < -0.4 is 5.56 Å². The summed E-state index contributed by atoms with van der Waals surface area (Å²) >= 11 is 0. The number of rotatable bonds is 4. The van der Waals surface area contributed by atoms with E-state index in [4.69, 9.17) is 5.11 Å². The van der Waals surface area contributed by atoms with Gasteiger partial charge in [-0.3, -0.25) is 14.2 Å². The molecule has 1 aromatic heterocycles. The highest BCUT2D eigenvalue weighted by molar-refractivity contribution is 5.77. The monoisotopic (exact) mass is 260 g/mol. The molecule has 1 N–H and O–H groups in total. The Labute approximate surface area is 110 Å². The van der Waals surface area contributed by atoms with E-state index in [2.05, 4.69) is 4.98 Å². The molecule has 0 unspecified atom stereocenters. The summed E-state index contributed by atoms with van der Waals surface area (Å²) < 4.78 is 1.47. The first-order valence-electron chi connectivity index (χ1n) is 6.09. The maximum absolute atomic E-state index is 12.2. The van der Waals surface area contributed by atoms with Crippen molar-refractivity contribution in [3.63, 3.8) is 0 Å². The average Bonchev–Trinajstić information content (AvgIpc) is 2.38. The summed E-state index contributed by atoms with van der Waals surface area (Å²) in [4.78, 5) is 27.4. The fourth-order valence-corrected chi connectivity index (χ4v) is 1.77. The topological polar surface area (TPSA) is 72.2 Å². The lowest BCUT2D eigenvalue weighted by Gasteiger charge is -2.19. The van der Waals surface area contributed by atoms with Gasteiger partial charge in [0.1, 0.15) is 0 Å². The van der Waals surface area contributed by atoms with Crippen molar-refractivity contribution >= 4 is 16.9 Å². The number of nitrogens with zero attached hydrogens (tertiary/aromatic N) is 2. The largest absolute Gasteiger partial charge is 0.481 e. The van der Waals surface area contributed by atoms with E-state index in [1.165, 1.54) is 10.9 Å². The Morgan fingerprint density at radius 3 is 2.74 bits per heavy atom. The first-order valence-corrected chi connectivity index (χ1v) is 6.09. The zero-order chi connectivity index (χ0) is 14.0. The van der Waals surface area contributed by atoms with Crippen molar-refractivity contribution in [2.24, 2.45) is 5.41 Å². The van der Waals surface area contributed by atoms with Crippen LogP contribution in [0.1, 0.15) is 20.3 Å². The number of aliphatic carboxylic acids is 1. The second kappa shape index (κ2) is 4.84. The van der Waals surface area contributed by atoms with Gasteiger partial charge in [0.05, 0.1) is 22.6 Å². The molecule has 0 fully saturated rings. The summed E-state index contributed by atoms with van der Waals surface area (Å²) in [6.07, 6.45) is 1.85. The van der Waals surface area contributed by atoms with Gasteiger partial charge < -0.3 is 5.11 Å². The Bertz CT molecular complexity index is 674. The van der Waals surface area contributed by atoms with Gasteiger partial charge >= 0.3 is 5.97 Å². The molecule has 5 heteroatoms. The van der Waals surface area contributed by atoms with Crippen LogP contribution in [0.2, 0.25) is 0 Å². The molecule has 0 spiro atoms. The molecule has 2 rings (SSSR count). The van der Waals surface area contributed by atoms with Gasteiger partial charge in [-0.1, -0.05) is 12.1 Å². The average molecular weight is 260 g/mol. The number of hydrogen-bond acceptors (Lipinski definition) is 3. The molecule has 0 amide bonds. The quantitative estimate of drug-likeness (QED) is 0.911. The van der Waals surface area contributed by atoms with Gasteiger partial charge in [-0.15, -0.1) is 0 Å². The smallest absolute Gasteiger partial charge is 0.309 e. The van der Waals surface area contributed by atoms with Gasteiger partial charge in [-0.25, -0.2) is 4.98 Å². The van der Waals surface area contributed by atoms with Crippen molar-refractivity contribution in [2.45, 2.75) is 26.8 Å². The molecule has 0 aliphatic rings. The third-order valence-corrected chi connectivity index (χ3v) is 3.29. The van der Waals surface area contributed by atoms with E-state index in [1.807, 2.05) is 6.07 Å². The Kier molecular flexibility index (Phi) is 3.38. The highest BCUT2D eigenvalue weighted by Gasteiger charge is 2.26. The van der Waals surface area contributed by atoms with Crippen molar-refractivity contribution < 1.29 is 9.90 Å². The molecule has 0 aliphatic heterocycles. The molecule has 0 aliphatic carbocycles. The molecule has 0 radical (unpaired) electrons. The molecule has 1 aromatic carbocycles. The Balaban J connectivity index is 2.30. The van der Waals surface area contributed by atoms with Crippen LogP contribution in [-0.2, 0) is 11.3 Å². The summed E-state index contributed by atoms with van der Waals surface area (Å²) in [5.41, 5.74) is -0.335. The minimum absolute atomic E-state index is 0.133. The maximum atomic E-state index is 12.2. The number of aryl methyl sites for hydroxylation is 1. The lowest BCUT2D eigenvalue weighted by molar-refractivity contribution is -0.147. The highest BCUT2D eigenvalue weighted by atomic mass is 16.4. The SMILES string of the molecule is CC(C)(CCn1cnc2ccccc2c1=O)C(=O)O. The van der Waals surface area contributed by atoms with E-state index in [0.29, 0.717) is 23.9 Å². The van der Waals surface area contributed by atoms with Crippen LogP contribution in [0.4, 0.5) is 0 Å². The molecule has 2 aromatic rings. The van der Waals surface area contributed by atoms with Crippen molar-refractivity contribution in [1.82, 2.24) is 9.55 Å². The lowest BCUT2D eigenvalue weighted by Crippen LogP contribution is -2.28. The zero-order valence-corrected chi connectivity index (χ0v) is 11.0. The number of carboxylic acids is 1. The van der Waals surface area contributed by atoms with E-state index >= 15 is 0 Å². The predicted octanol–water partition coefficient (Wildman–Crippen LogP) is 1.90. The van der Waals surface area contributed by atoms with Gasteiger partial charge in [0.25, 0.3) is 5.56 Å². The summed E-state index contributed by atoms with van der Waals surface area (Å²) in [6, 6.07) is 7.12. The third-order valence-electron chi connectivity index (χ3n) is 3.29. The molecular weight excluding hydrogens is 244 g/mol. The van der Waals surface area contributed by atoms with Crippen molar-refractivity contribution in [3.8, 4) is 0 Å². The molecule has 0 saturated carbocycles. The van der Waals surface area contributed by atoms with Crippen molar-refractivity contribution in [3.05, 3.63) is 40.9 Å². The first kappa shape index (κ1) is 13.3. The second-order valence-corrected chi connectivity index (χ2v) is 5.20. The van der Waals surface area contributed by atoms with Crippen LogP contribution in [0.3, 0.4) is 0 Å². The number of carboxylic acid groups (broad SMARTS) is 1.